The van der Waals surface area contributed by atoms with Crippen LogP contribution in [-0.4, -0.2) is 40.2 Å². The monoisotopic (exact) mass is 434 g/mol. The van der Waals surface area contributed by atoms with E-state index in [-0.39, 0.29) is 24.6 Å². The van der Waals surface area contributed by atoms with E-state index < -0.39 is 23.4 Å². The number of halogens is 1. The van der Waals surface area contributed by atoms with Crippen LogP contribution in [0.15, 0.2) is 67.0 Å². The Bertz CT molecular complexity index is 1140. The summed E-state index contributed by atoms with van der Waals surface area (Å²) in [5.74, 6) is -2.14. The number of hydrogen-bond acceptors (Lipinski definition) is 4. The lowest BCUT2D eigenvalue weighted by Crippen LogP contribution is -2.53. The minimum Gasteiger partial charge on any atom is -0.479 e. The largest absolute Gasteiger partial charge is 0.479 e. The van der Waals surface area contributed by atoms with Crippen molar-refractivity contribution in [2.24, 2.45) is 0 Å². The molecule has 32 heavy (non-hydrogen) atoms. The van der Waals surface area contributed by atoms with E-state index in [1.54, 1.807) is 6.92 Å². The molecule has 0 aliphatic heterocycles. The molecule has 6 nitrogen and oxygen atoms in total. The van der Waals surface area contributed by atoms with Crippen molar-refractivity contribution in [3.63, 3.8) is 0 Å². The number of hydrogen-bond donors (Lipinski definition) is 1. The zero-order valence-corrected chi connectivity index (χ0v) is 17.8. The number of pyridine rings is 1. The summed E-state index contributed by atoms with van der Waals surface area (Å²) in [5.41, 5.74) is 2.52. The molecule has 0 bridgehead atoms. The fraction of sp³-hybridized carbons (Fsp3) is 0.240. The predicted molar refractivity (Wildman–Crippen MR) is 117 cm³/mol. The zero-order valence-electron chi connectivity index (χ0n) is 17.8. The van der Waals surface area contributed by atoms with Crippen LogP contribution in [0.5, 0.6) is 0 Å². The number of likely N-dealkylation sites (N-methyl/N-ethyl adjacent to an activating group) is 1. The van der Waals surface area contributed by atoms with Gasteiger partial charge in [-0.25, -0.2) is 14.0 Å². The van der Waals surface area contributed by atoms with E-state index in [1.165, 1.54) is 13.1 Å². The third kappa shape index (κ3) is 3.49. The number of amides is 1. The maximum Gasteiger partial charge on any atom is 0.411 e. The van der Waals surface area contributed by atoms with Crippen molar-refractivity contribution in [2.75, 3.05) is 13.2 Å². The lowest BCUT2D eigenvalue weighted by molar-refractivity contribution is -0.150. The maximum atomic E-state index is 13.8. The standard InChI is InChI=1S/C25H23FN2O4/c1-3-28(25(2,23(29)30)16-12-17(26)14-27-13-16)24(31)32-15-22-20-10-6-4-8-18(20)19-9-5-7-11-21(19)22/h4-14,22H,3,15H2,1-2H3,(H,29,30). The summed E-state index contributed by atoms with van der Waals surface area (Å²) in [6.45, 7) is 3.10. The molecule has 1 aromatic heterocycles. The Morgan fingerprint density at radius 1 is 1.09 bits per heavy atom. The van der Waals surface area contributed by atoms with E-state index in [9.17, 15) is 19.1 Å². The molecule has 1 amide bonds. The lowest BCUT2D eigenvalue weighted by atomic mass is 9.91. The molecule has 1 aliphatic rings. The summed E-state index contributed by atoms with van der Waals surface area (Å²) in [4.78, 5) is 30.1. The van der Waals surface area contributed by atoms with E-state index in [1.807, 2.05) is 48.5 Å². The Kier molecular flexibility index (Phi) is 5.65. The Labute approximate surface area is 185 Å². The highest BCUT2D eigenvalue weighted by molar-refractivity contribution is 5.85. The third-order valence-electron chi connectivity index (χ3n) is 6.10. The van der Waals surface area contributed by atoms with Crippen LogP contribution in [0.1, 0.15) is 36.5 Å². The number of carboxylic acid groups (broad SMARTS) is 1. The molecule has 1 heterocycles. The summed E-state index contributed by atoms with van der Waals surface area (Å²) < 4.78 is 19.4. The fourth-order valence-electron chi connectivity index (χ4n) is 4.37. The number of benzene rings is 2. The molecule has 0 fully saturated rings. The van der Waals surface area contributed by atoms with E-state index in [0.717, 1.165) is 39.4 Å². The summed E-state index contributed by atoms with van der Waals surface area (Å²) >= 11 is 0. The Balaban J connectivity index is 1.61. The molecule has 1 unspecified atom stereocenters. The number of nitrogens with zero attached hydrogens (tertiary/aromatic N) is 2. The number of aliphatic carboxylic acids is 1. The quantitative estimate of drug-likeness (QED) is 0.603. The van der Waals surface area contributed by atoms with Gasteiger partial charge in [-0.2, -0.15) is 0 Å². The van der Waals surface area contributed by atoms with Crippen LogP contribution in [0.3, 0.4) is 0 Å². The first-order valence-electron chi connectivity index (χ1n) is 10.3. The number of aromatic nitrogens is 1. The second-order valence-electron chi connectivity index (χ2n) is 7.82. The van der Waals surface area contributed by atoms with Gasteiger partial charge in [0, 0.05) is 24.2 Å². The summed E-state index contributed by atoms with van der Waals surface area (Å²) in [6.07, 6.45) is 1.44. The Hall–Kier alpha value is -3.74. The van der Waals surface area contributed by atoms with Gasteiger partial charge in [0.15, 0.2) is 5.54 Å². The van der Waals surface area contributed by atoms with E-state index in [0.29, 0.717) is 0 Å². The van der Waals surface area contributed by atoms with Crippen molar-refractivity contribution < 1.29 is 23.8 Å². The molecular weight excluding hydrogens is 411 g/mol. The minimum atomic E-state index is -1.84. The molecule has 0 radical (unpaired) electrons. The van der Waals surface area contributed by atoms with Gasteiger partial charge in [-0.3, -0.25) is 9.88 Å². The Morgan fingerprint density at radius 3 is 2.22 bits per heavy atom. The van der Waals surface area contributed by atoms with E-state index in [4.69, 9.17) is 4.74 Å². The topological polar surface area (TPSA) is 79.7 Å². The van der Waals surface area contributed by atoms with Crippen molar-refractivity contribution in [1.29, 1.82) is 0 Å². The van der Waals surface area contributed by atoms with Gasteiger partial charge in [0.25, 0.3) is 0 Å². The first kappa shape index (κ1) is 21.5. The van der Waals surface area contributed by atoms with Crippen molar-refractivity contribution in [3.05, 3.63) is 89.5 Å². The minimum absolute atomic E-state index is 0.0516. The number of ether oxygens (including phenoxy) is 1. The maximum absolute atomic E-state index is 13.8. The van der Waals surface area contributed by atoms with E-state index >= 15 is 0 Å². The van der Waals surface area contributed by atoms with Crippen molar-refractivity contribution in [1.82, 2.24) is 9.88 Å². The van der Waals surface area contributed by atoms with Crippen molar-refractivity contribution >= 4 is 12.1 Å². The molecule has 0 saturated heterocycles. The second kappa shape index (κ2) is 8.42. The second-order valence-corrected chi connectivity index (χ2v) is 7.82. The van der Waals surface area contributed by atoms with E-state index in [2.05, 4.69) is 4.98 Å². The van der Waals surface area contributed by atoms with Crippen LogP contribution >= 0.6 is 0 Å². The SMILES string of the molecule is CCN(C(=O)OCC1c2ccccc2-c2ccccc21)C(C)(C(=O)O)c1cncc(F)c1. The number of carboxylic acids is 1. The van der Waals surface area contributed by atoms with Crippen LogP contribution in [0, 0.1) is 5.82 Å². The van der Waals surface area contributed by atoms with Crippen LogP contribution in [0.2, 0.25) is 0 Å². The lowest BCUT2D eigenvalue weighted by Gasteiger charge is -2.36. The van der Waals surface area contributed by atoms with Gasteiger partial charge >= 0.3 is 12.1 Å². The van der Waals surface area contributed by atoms with Crippen LogP contribution in [0.25, 0.3) is 11.1 Å². The van der Waals surface area contributed by atoms with Gasteiger partial charge in [0.1, 0.15) is 12.4 Å². The summed E-state index contributed by atoms with van der Waals surface area (Å²) in [5, 5.41) is 9.97. The van der Waals surface area contributed by atoms with Gasteiger partial charge in [0.05, 0.1) is 6.20 Å². The average molecular weight is 434 g/mol. The smallest absolute Gasteiger partial charge is 0.411 e. The first-order chi connectivity index (χ1) is 15.4. The molecule has 3 aromatic rings. The molecule has 0 saturated carbocycles. The van der Waals surface area contributed by atoms with Crippen LogP contribution in [0.4, 0.5) is 9.18 Å². The highest BCUT2D eigenvalue weighted by Gasteiger charge is 2.45. The molecular formula is C25H23FN2O4. The summed E-state index contributed by atoms with van der Waals surface area (Å²) in [6, 6.07) is 17.0. The molecule has 4 rings (SSSR count). The van der Waals surface area contributed by atoms with Gasteiger partial charge in [-0.05, 0) is 42.2 Å². The van der Waals surface area contributed by atoms with Crippen LogP contribution < -0.4 is 0 Å². The number of fused-ring (bicyclic) bond motifs is 3. The van der Waals surface area contributed by atoms with Gasteiger partial charge < -0.3 is 9.84 Å². The number of carbonyl (C=O) groups is 2. The number of carbonyl (C=O) groups excluding carboxylic acids is 1. The van der Waals surface area contributed by atoms with Crippen LogP contribution in [-0.2, 0) is 15.1 Å². The molecule has 1 atom stereocenters. The fourth-order valence-corrected chi connectivity index (χ4v) is 4.37. The molecule has 164 valence electrons. The molecule has 0 spiro atoms. The van der Waals surface area contributed by atoms with Gasteiger partial charge in [-0.15, -0.1) is 0 Å². The third-order valence-corrected chi connectivity index (χ3v) is 6.10. The predicted octanol–water partition coefficient (Wildman–Crippen LogP) is 4.79. The zero-order chi connectivity index (χ0) is 22.9. The van der Waals surface area contributed by atoms with Gasteiger partial charge in [0.2, 0.25) is 0 Å². The first-order valence-corrected chi connectivity index (χ1v) is 10.3. The number of rotatable bonds is 6. The highest BCUT2D eigenvalue weighted by atomic mass is 19.1. The normalized spacial score (nSPS) is 14.2. The van der Waals surface area contributed by atoms with Crippen molar-refractivity contribution in [3.8, 4) is 11.1 Å². The average Bonchev–Trinajstić information content (AvgIpc) is 3.11. The highest BCUT2D eigenvalue weighted by Crippen LogP contribution is 2.44. The summed E-state index contributed by atoms with van der Waals surface area (Å²) in [7, 11) is 0. The molecule has 1 N–H and O–H groups in total. The molecule has 2 aromatic carbocycles. The molecule has 1 aliphatic carbocycles. The van der Waals surface area contributed by atoms with Crippen molar-refractivity contribution in [2.45, 2.75) is 25.3 Å². The molecule has 7 heteroatoms. The van der Waals surface area contributed by atoms with Gasteiger partial charge in [-0.1, -0.05) is 48.5 Å². The Morgan fingerprint density at radius 2 is 1.69 bits per heavy atom.